The van der Waals surface area contributed by atoms with Crippen LogP contribution in [-0.4, -0.2) is 62.2 Å². The highest BCUT2D eigenvalue weighted by Crippen LogP contribution is 2.21. The van der Waals surface area contributed by atoms with Gasteiger partial charge >= 0.3 is 0 Å². The van der Waals surface area contributed by atoms with Gasteiger partial charge in [-0.1, -0.05) is 0 Å². The van der Waals surface area contributed by atoms with Crippen molar-refractivity contribution in [1.29, 1.82) is 0 Å². The second kappa shape index (κ2) is 7.31. The van der Waals surface area contributed by atoms with Crippen LogP contribution in [0.4, 0.5) is 0 Å². The van der Waals surface area contributed by atoms with Crippen molar-refractivity contribution in [3.8, 4) is 0 Å². The number of carbonyl (C=O) groups is 1. The molecule has 0 radical (unpaired) electrons. The van der Waals surface area contributed by atoms with Crippen LogP contribution in [0.5, 0.6) is 0 Å². The zero-order valence-corrected chi connectivity index (χ0v) is 14.1. The fourth-order valence-corrected chi connectivity index (χ4v) is 3.80. The lowest BCUT2D eigenvalue weighted by molar-refractivity contribution is 0.0679. The van der Waals surface area contributed by atoms with Gasteiger partial charge in [0, 0.05) is 38.2 Å². The molecule has 1 aliphatic heterocycles. The second-order valence-electron chi connectivity index (χ2n) is 5.98. The van der Waals surface area contributed by atoms with Gasteiger partial charge in [0.05, 0.1) is 0 Å². The molecule has 1 saturated heterocycles. The van der Waals surface area contributed by atoms with E-state index in [0.29, 0.717) is 23.7 Å². The van der Waals surface area contributed by atoms with Gasteiger partial charge in [-0.2, -0.15) is 16.9 Å². The van der Waals surface area contributed by atoms with Crippen molar-refractivity contribution < 1.29 is 9.90 Å². The maximum absolute atomic E-state index is 12.7. The van der Waals surface area contributed by atoms with Gasteiger partial charge in [-0.05, 0) is 42.8 Å². The van der Waals surface area contributed by atoms with Crippen LogP contribution in [0.1, 0.15) is 28.9 Å². The summed E-state index contributed by atoms with van der Waals surface area (Å²) in [7, 11) is 0. The van der Waals surface area contributed by atoms with Crippen molar-refractivity contribution in [1.82, 2.24) is 19.5 Å². The van der Waals surface area contributed by atoms with Crippen molar-refractivity contribution in [2.45, 2.75) is 19.3 Å². The molecule has 0 unspecified atom stereocenters. The summed E-state index contributed by atoms with van der Waals surface area (Å²) in [6, 6.07) is 1.74. The van der Waals surface area contributed by atoms with Crippen LogP contribution >= 0.6 is 11.8 Å². The first-order valence-electron chi connectivity index (χ1n) is 7.94. The first kappa shape index (κ1) is 16.3. The number of aliphatic hydroxyl groups is 1. The molecule has 7 heteroatoms. The molecule has 3 rings (SSSR count). The molecule has 124 valence electrons. The smallest absolute Gasteiger partial charge is 0.274 e. The fraction of sp³-hybridized carbons (Fsp3) is 0.562. The molecule has 0 aliphatic carbocycles. The molecule has 23 heavy (non-hydrogen) atoms. The van der Waals surface area contributed by atoms with Crippen LogP contribution in [-0.2, 0) is 6.42 Å². The van der Waals surface area contributed by atoms with E-state index in [0.717, 1.165) is 30.8 Å². The lowest BCUT2D eigenvalue weighted by Crippen LogP contribution is -2.40. The number of aliphatic hydroxyl groups excluding tert-OH is 1. The summed E-state index contributed by atoms with van der Waals surface area (Å²) in [5.41, 5.74) is 2.01. The lowest BCUT2D eigenvalue weighted by atomic mass is 10.00. The number of hydrogen-bond acceptors (Lipinski definition) is 5. The van der Waals surface area contributed by atoms with Crippen LogP contribution < -0.4 is 0 Å². The second-order valence-corrected chi connectivity index (χ2v) is 6.89. The highest BCUT2D eigenvalue weighted by molar-refractivity contribution is 7.98. The highest BCUT2D eigenvalue weighted by Gasteiger charge is 2.25. The minimum Gasteiger partial charge on any atom is -0.396 e. The van der Waals surface area contributed by atoms with Gasteiger partial charge in [-0.15, -0.1) is 0 Å². The summed E-state index contributed by atoms with van der Waals surface area (Å²) in [5, 5.41) is 13.4. The lowest BCUT2D eigenvalue weighted by Gasteiger charge is -2.32. The predicted molar refractivity (Wildman–Crippen MR) is 90.8 cm³/mol. The van der Waals surface area contributed by atoms with E-state index in [4.69, 9.17) is 5.11 Å². The van der Waals surface area contributed by atoms with E-state index in [2.05, 4.69) is 16.3 Å². The molecule has 1 amide bonds. The summed E-state index contributed by atoms with van der Waals surface area (Å²) in [6.45, 7) is 1.70. The van der Waals surface area contributed by atoms with Crippen LogP contribution in [0.3, 0.4) is 0 Å². The number of carbonyl (C=O) groups excluding carboxylic acids is 1. The Morgan fingerprint density at radius 3 is 3.17 bits per heavy atom. The minimum atomic E-state index is -0.00925. The van der Waals surface area contributed by atoms with Gasteiger partial charge in [0.1, 0.15) is 0 Å². The first-order valence-corrected chi connectivity index (χ1v) is 9.34. The highest BCUT2D eigenvalue weighted by atomic mass is 32.2. The van der Waals surface area contributed by atoms with Gasteiger partial charge in [0.2, 0.25) is 0 Å². The van der Waals surface area contributed by atoms with E-state index in [9.17, 15) is 4.79 Å². The zero-order chi connectivity index (χ0) is 16.2. The number of rotatable bonds is 5. The van der Waals surface area contributed by atoms with E-state index in [1.807, 2.05) is 22.9 Å². The van der Waals surface area contributed by atoms with Gasteiger partial charge in [0.15, 0.2) is 11.3 Å². The summed E-state index contributed by atoms with van der Waals surface area (Å²) < 4.78 is 1.63. The van der Waals surface area contributed by atoms with Crippen molar-refractivity contribution >= 4 is 23.3 Å². The Morgan fingerprint density at radius 1 is 1.52 bits per heavy atom. The van der Waals surface area contributed by atoms with E-state index in [1.54, 1.807) is 16.8 Å². The summed E-state index contributed by atoms with van der Waals surface area (Å²) in [6.07, 6.45) is 8.44. The van der Waals surface area contributed by atoms with Crippen molar-refractivity contribution in [2.75, 3.05) is 31.7 Å². The maximum atomic E-state index is 12.7. The topological polar surface area (TPSA) is 70.7 Å². The Labute approximate surface area is 139 Å². The normalized spacial score (nSPS) is 18.5. The molecule has 1 N–H and O–H groups in total. The van der Waals surface area contributed by atoms with Crippen LogP contribution in [0, 0.1) is 5.92 Å². The predicted octanol–water partition coefficient (Wildman–Crippen LogP) is 1.48. The van der Waals surface area contributed by atoms with Crippen LogP contribution in [0.25, 0.3) is 5.65 Å². The van der Waals surface area contributed by atoms with Crippen molar-refractivity contribution in [3.05, 3.63) is 29.7 Å². The number of hydrogen-bond donors (Lipinski definition) is 1. The molecule has 0 bridgehead atoms. The number of thioether (sulfide) groups is 1. The molecule has 1 atom stereocenters. The van der Waals surface area contributed by atoms with Crippen LogP contribution in [0.2, 0.25) is 0 Å². The van der Waals surface area contributed by atoms with Gasteiger partial charge < -0.3 is 10.0 Å². The zero-order valence-electron chi connectivity index (χ0n) is 13.3. The molecule has 0 aromatic carbocycles. The number of nitrogens with zero attached hydrogens (tertiary/aromatic N) is 4. The SMILES string of the molecule is CSC[C@@H]1CCCN(C(=O)c2cc3ncc(CCO)cn3n2)C1. The molecule has 1 fully saturated rings. The average molecular weight is 334 g/mol. The summed E-state index contributed by atoms with van der Waals surface area (Å²) in [5.74, 6) is 1.67. The Morgan fingerprint density at radius 2 is 2.39 bits per heavy atom. The molecular formula is C16H22N4O2S. The van der Waals surface area contributed by atoms with E-state index < -0.39 is 0 Å². The molecule has 0 saturated carbocycles. The molecule has 2 aromatic heterocycles. The quantitative estimate of drug-likeness (QED) is 0.897. The van der Waals surface area contributed by atoms with Crippen molar-refractivity contribution in [2.24, 2.45) is 5.92 Å². The van der Waals surface area contributed by atoms with Gasteiger partial charge in [-0.3, -0.25) is 4.79 Å². The van der Waals surface area contributed by atoms with Gasteiger partial charge in [0.25, 0.3) is 5.91 Å². The molecule has 0 spiro atoms. The summed E-state index contributed by atoms with van der Waals surface area (Å²) in [4.78, 5) is 18.9. The van der Waals surface area contributed by atoms with E-state index >= 15 is 0 Å². The maximum Gasteiger partial charge on any atom is 0.274 e. The Balaban J connectivity index is 1.77. The van der Waals surface area contributed by atoms with Crippen LogP contribution in [0.15, 0.2) is 18.5 Å². The number of fused-ring (bicyclic) bond motifs is 1. The van der Waals surface area contributed by atoms with E-state index in [1.165, 1.54) is 6.42 Å². The van der Waals surface area contributed by atoms with Crippen molar-refractivity contribution in [3.63, 3.8) is 0 Å². The Kier molecular flexibility index (Phi) is 5.17. The number of amides is 1. The number of aromatic nitrogens is 3. The molecule has 2 aromatic rings. The summed E-state index contributed by atoms with van der Waals surface area (Å²) >= 11 is 1.84. The Bertz CT molecular complexity index is 686. The largest absolute Gasteiger partial charge is 0.396 e. The standard InChI is InChI=1S/C16H22N4O2S/c1-23-11-13-3-2-5-19(9-13)16(22)14-7-15-17-8-12(4-6-21)10-20(15)18-14/h7-8,10,13,21H,2-6,9,11H2,1H3/t13-/m1/s1. The van der Waals surface area contributed by atoms with E-state index in [-0.39, 0.29) is 12.5 Å². The number of likely N-dealkylation sites (tertiary alicyclic amines) is 1. The third-order valence-electron chi connectivity index (χ3n) is 4.19. The molecule has 6 nitrogen and oxygen atoms in total. The molecule has 3 heterocycles. The van der Waals surface area contributed by atoms with Gasteiger partial charge in [-0.25, -0.2) is 9.50 Å². The molecular weight excluding hydrogens is 312 g/mol. The number of piperidine rings is 1. The third kappa shape index (κ3) is 3.67. The monoisotopic (exact) mass is 334 g/mol. The average Bonchev–Trinajstić information content (AvgIpc) is 2.98. The molecule has 1 aliphatic rings. The Hall–Kier alpha value is -1.60. The first-order chi connectivity index (χ1) is 11.2. The fourth-order valence-electron chi connectivity index (χ4n) is 3.06. The third-order valence-corrected chi connectivity index (χ3v) is 5.00. The minimum absolute atomic E-state index is 0.00925.